The second-order valence-electron chi connectivity index (χ2n) is 4.79. The monoisotopic (exact) mass is 310 g/mol. The Labute approximate surface area is 123 Å². The number of hydrogen-bond donors (Lipinski definition) is 2. The zero-order valence-electron chi connectivity index (χ0n) is 11.5. The molecule has 3 N–H and O–H groups in total. The van der Waals surface area contributed by atoms with E-state index in [1.54, 1.807) is 35.6 Å². The van der Waals surface area contributed by atoms with E-state index in [0.29, 0.717) is 5.69 Å². The SMILES string of the molecule is Cc1ccc(C(C)NS(=O)(=O)Cc2ccc(N)cc2)s1. The maximum Gasteiger partial charge on any atom is 0.216 e. The van der Waals surface area contributed by atoms with Gasteiger partial charge in [-0.1, -0.05) is 12.1 Å². The van der Waals surface area contributed by atoms with E-state index in [9.17, 15) is 8.42 Å². The second kappa shape index (κ2) is 5.95. The normalized spacial score (nSPS) is 13.3. The van der Waals surface area contributed by atoms with Crippen molar-refractivity contribution in [3.05, 3.63) is 51.7 Å². The van der Waals surface area contributed by atoms with E-state index in [-0.39, 0.29) is 11.8 Å². The average molecular weight is 310 g/mol. The van der Waals surface area contributed by atoms with Crippen LogP contribution < -0.4 is 10.5 Å². The quantitative estimate of drug-likeness (QED) is 0.834. The van der Waals surface area contributed by atoms with Crippen LogP contribution in [0.1, 0.15) is 28.3 Å². The molecule has 1 unspecified atom stereocenters. The summed E-state index contributed by atoms with van der Waals surface area (Å²) in [4.78, 5) is 2.19. The first-order valence-corrected chi connectivity index (χ1v) is 8.73. The molecule has 0 saturated heterocycles. The Bertz CT molecular complexity index is 675. The summed E-state index contributed by atoms with van der Waals surface area (Å²) in [5.41, 5.74) is 6.94. The Morgan fingerprint density at radius 1 is 1.20 bits per heavy atom. The molecule has 20 heavy (non-hydrogen) atoms. The maximum absolute atomic E-state index is 12.1. The molecule has 0 aliphatic carbocycles. The third kappa shape index (κ3) is 4.06. The number of anilines is 1. The standard InChI is InChI=1S/C14H18N2O2S2/c1-10-3-8-14(19-10)11(2)16-20(17,18)9-12-4-6-13(15)7-5-12/h3-8,11,16H,9,15H2,1-2H3. The molecule has 0 saturated carbocycles. The minimum atomic E-state index is -3.37. The molecule has 6 heteroatoms. The Morgan fingerprint density at radius 3 is 2.40 bits per heavy atom. The molecule has 2 aromatic rings. The smallest absolute Gasteiger partial charge is 0.216 e. The van der Waals surface area contributed by atoms with Crippen LogP contribution in [0.15, 0.2) is 36.4 Å². The molecule has 1 heterocycles. The number of aryl methyl sites for hydroxylation is 1. The number of nitrogen functional groups attached to an aromatic ring is 1. The number of rotatable bonds is 5. The van der Waals surface area contributed by atoms with Crippen LogP contribution in [0.25, 0.3) is 0 Å². The number of sulfonamides is 1. The molecular formula is C14H18N2O2S2. The molecule has 0 amide bonds. The molecule has 0 spiro atoms. The topological polar surface area (TPSA) is 72.2 Å². The summed E-state index contributed by atoms with van der Waals surface area (Å²) in [6.45, 7) is 3.86. The van der Waals surface area contributed by atoms with Gasteiger partial charge in [0.25, 0.3) is 0 Å². The summed E-state index contributed by atoms with van der Waals surface area (Å²) >= 11 is 1.60. The first kappa shape index (κ1) is 15.0. The summed E-state index contributed by atoms with van der Waals surface area (Å²) in [5, 5.41) is 0. The number of hydrogen-bond acceptors (Lipinski definition) is 4. The molecule has 0 bridgehead atoms. The van der Waals surface area contributed by atoms with Crippen molar-refractivity contribution in [1.29, 1.82) is 0 Å². The van der Waals surface area contributed by atoms with Gasteiger partial charge in [-0.05, 0) is 43.7 Å². The predicted molar refractivity (Wildman–Crippen MR) is 84.1 cm³/mol. The predicted octanol–water partition coefficient (Wildman–Crippen LogP) is 2.82. The molecule has 2 rings (SSSR count). The van der Waals surface area contributed by atoms with Gasteiger partial charge in [0.05, 0.1) is 11.8 Å². The lowest BCUT2D eigenvalue weighted by atomic mass is 10.2. The Kier molecular flexibility index (Phi) is 4.47. The third-order valence-corrected chi connectivity index (χ3v) is 5.49. The van der Waals surface area contributed by atoms with Crippen molar-refractivity contribution in [3.8, 4) is 0 Å². The fourth-order valence-corrected chi connectivity index (χ4v) is 4.22. The van der Waals surface area contributed by atoms with Gasteiger partial charge in [-0.2, -0.15) is 0 Å². The Morgan fingerprint density at radius 2 is 1.85 bits per heavy atom. The highest BCUT2D eigenvalue weighted by atomic mass is 32.2. The fourth-order valence-electron chi connectivity index (χ4n) is 1.89. The van der Waals surface area contributed by atoms with Gasteiger partial charge >= 0.3 is 0 Å². The highest BCUT2D eigenvalue weighted by molar-refractivity contribution is 7.88. The van der Waals surface area contributed by atoms with Gasteiger partial charge in [-0.3, -0.25) is 0 Å². The lowest BCUT2D eigenvalue weighted by Crippen LogP contribution is -2.27. The van der Waals surface area contributed by atoms with E-state index in [4.69, 9.17) is 5.73 Å². The van der Waals surface area contributed by atoms with Crippen molar-refractivity contribution in [2.45, 2.75) is 25.6 Å². The van der Waals surface area contributed by atoms with Gasteiger partial charge in [0.15, 0.2) is 0 Å². The molecular weight excluding hydrogens is 292 g/mol. The Balaban J connectivity index is 2.05. The largest absolute Gasteiger partial charge is 0.399 e. The van der Waals surface area contributed by atoms with Gasteiger partial charge in [0.2, 0.25) is 10.0 Å². The molecule has 0 fully saturated rings. The van der Waals surface area contributed by atoms with Crippen molar-refractivity contribution in [2.24, 2.45) is 0 Å². The minimum Gasteiger partial charge on any atom is -0.399 e. The number of benzene rings is 1. The van der Waals surface area contributed by atoms with Crippen LogP contribution >= 0.6 is 11.3 Å². The van der Waals surface area contributed by atoms with Gasteiger partial charge in [-0.25, -0.2) is 13.1 Å². The van der Waals surface area contributed by atoms with Crippen molar-refractivity contribution in [2.75, 3.05) is 5.73 Å². The Hall–Kier alpha value is -1.37. The zero-order chi connectivity index (χ0) is 14.8. The van der Waals surface area contributed by atoms with Crippen LogP contribution in [0.4, 0.5) is 5.69 Å². The van der Waals surface area contributed by atoms with E-state index < -0.39 is 10.0 Å². The van der Waals surface area contributed by atoms with E-state index in [1.807, 2.05) is 26.0 Å². The van der Waals surface area contributed by atoms with Crippen molar-refractivity contribution in [3.63, 3.8) is 0 Å². The molecule has 0 aliphatic heterocycles. The average Bonchev–Trinajstić information content (AvgIpc) is 2.78. The summed E-state index contributed by atoms with van der Waals surface area (Å²) in [6.07, 6.45) is 0. The summed E-state index contributed by atoms with van der Waals surface area (Å²) in [6, 6.07) is 10.6. The number of nitrogens with two attached hydrogens (primary N) is 1. The molecule has 108 valence electrons. The highest BCUT2D eigenvalue weighted by Gasteiger charge is 2.17. The van der Waals surface area contributed by atoms with Crippen LogP contribution in [0.2, 0.25) is 0 Å². The maximum atomic E-state index is 12.1. The molecule has 0 radical (unpaired) electrons. The number of thiophene rings is 1. The van der Waals surface area contributed by atoms with E-state index >= 15 is 0 Å². The van der Waals surface area contributed by atoms with Crippen molar-refractivity contribution >= 4 is 27.0 Å². The zero-order valence-corrected chi connectivity index (χ0v) is 13.1. The lowest BCUT2D eigenvalue weighted by Gasteiger charge is -2.13. The first-order valence-electron chi connectivity index (χ1n) is 6.26. The van der Waals surface area contributed by atoms with Crippen LogP contribution in [0, 0.1) is 6.92 Å². The van der Waals surface area contributed by atoms with Crippen molar-refractivity contribution < 1.29 is 8.42 Å². The highest BCUT2D eigenvalue weighted by Crippen LogP contribution is 2.23. The fraction of sp³-hybridized carbons (Fsp3) is 0.286. The minimum absolute atomic E-state index is 0.0397. The third-order valence-electron chi connectivity index (χ3n) is 2.88. The van der Waals surface area contributed by atoms with E-state index in [2.05, 4.69) is 4.72 Å². The van der Waals surface area contributed by atoms with Gasteiger partial charge in [0, 0.05) is 15.4 Å². The molecule has 1 aromatic heterocycles. The summed E-state index contributed by atoms with van der Waals surface area (Å²) in [7, 11) is -3.37. The summed E-state index contributed by atoms with van der Waals surface area (Å²) in [5.74, 6) is -0.0397. The van der Waals surface area contributed by atoms with Crippen molar-refractivity contribution in [1.82, 2.24) is 4.72 Å². The van der Waals surface area contributed by atoms with Gasteiger partial charge in [0.1, 0.15) is 0 Å². The molecule has 0 aliphatic rings. The van der Waals surface area contributed by atoms with Crippen LogP contribution in [-0.2, 0) is 15.8 Å². The van der Waals surface area contributed by atoms with E-state index in [1.165, 1.54) is 4.88 Å². The first-order chi connectivity index (χ1) is 9.35. The van der Waals surface area contributed by atoms with Crippen LogP contribution in [0.3, 0.4) is 0 Å². The molecule has 1 atom stereocenters. The van der Waals surface area contributed by atoms with Gasteiger partial charge < -0.3 is 5.73 Å². The lowest BCUT2D eigenvalue weighted by molar-refractivity contribution is 0.567. The van der Waals surface area contributed by atoms with Crippen LogP contribution in [-0.4, -0.2) is 8.42 Å². The van der Waals surface area contributed by atoms with Gasteiger partial charge in [-0.15, -0.1) is 11.3 Å². The second-order valence-corrected chi connectivity index (χ2v) is 7.86. The number of nitrogens with one attached hydrogen (secondary N) is 1. The van der Waals surface area contributed by atoms with E-state index in [0.717, 1.165) is 10.4 Å². The molecule has 4 nitrogen and oxygen atoms in total. The van der Waals surface area contributed by atoms with Crippen LogP contribution in [0.5, 0.6) is 0 Å². The molecule has 1 aromatic carbocycles. The summed E-state index contributed by atoms with van der Waals surface area (Å²) < 4.78 is 27.0.